The number of benzene rings is 2. The molecule has 8 heteroatoms. The molecule has 2 aromatic heterocycles. The van der Waals surface area contributed by atoms with Crippen molar-refractivity contribution in [2.45, 2.75) is 6.61 Å². The first kappa shape index (κ1) is 18.9. The molecule has 0 bridgehead atoms. The van der Waals surface area contributed by atoms with E-state index in [4.69, 9.17) is 32.5 Å². The van der Waals surface area contributed by atoms with Crippen molar-refractivity contribution in [1.82, 2.24) is 15.1 Å². The number of hydrogen-bond donors (Lipinski definition) is 0. The fourth-order valence-electron chi connectivity index (χ4n) is 2.63. The van der Waals surface area contributed by atoms with Gasteiger partial charge in [0, 0.05) is 11.1 Å². The summed E-state index contributed by atoms with van der Waals surface area (Å²) in [6.45, 7) is 0.177. The van der Waals surface area contributed by atoms with E-state index in [1.807, 2.05) is 30.3 Å². The number of ether oxygens (including phenoxy) is 1. The molecule has 0 N–H and O–H groups in total. The van der Waals surface area contributed by atoms with Crippen LogP contribution >= 0.6 is 39.1 Å². The zero-order valence-corrected chi connectivity index (χ0v) is 17.4. The van der Waals surface area contributed by atoms with Crippen molar-refractivity contribution < 1.29 is 9.26 Å². The molecule has 5 nitrogen and oxygen atoms in total. The first-order valence-corrected chi connectivity index (χ1v) is 9.77. The molecule has 2 heterocycles. The number of aromatic nitrogens is 3. The van der Waals surface area contributed by atoms with Crippen molar-refractivity contribution >= 4 is 39.1 Å². The molecule has 0 aliphatic heterocycles. The van der Waals surface area contributed by atoms with Crippen LogP contribution in [0.25, 0.3) is 22.6 Å². The Kier molecular flexibility index (Phi) is 5.62. The standard InChI is InChI=1S/C20H12BrCl2N3O2/c21-16-10-24-13(9-25-16)11-27-20-18(17-14(22)7-4-8-15(17)23)26-28-19(20)12-5-2-1-3-6-12/h1-10H,11H2. The third kappa shape index (κ3) is 3.90. The molecule has 2 aromatic carbocycles. The van der Waals surface area contributed by atoms with Gasteiger partial charge in [-0.2, -0.15) is 0 Å². The normalized spacial score (nSPS) is 10.8. The molecular weight excluding hydrogens is 465 g/mol. The van der Waals surface area contributed by atoms with E-state index in [-0.39, 0.29) is 6.61 Å². The zero-order chi connectivity index (χ0) is 19.5. The first-order valence-electron chi connectivity index (χ1n) is 8.22. The predicted molar refractivity (Wildman–Crippen MR) is 111 cm³/mol. The lowest BCUT2D eigenvalue weighted by Gasteiger charge is -2.09. The summed E-state index contributed by atoms with van der Waals surface area (Å²) in [4.78, 5) is 8.44. The van der Waals surface area contributed by atoms with Gasteiger partial charge in [-0.15, -0.1) is 0 Å². The van der Waals surface area contributed by atoms with Gasteiger partial charge in [0.2, 0.25) is 5.76 Å². The van der Waals surface area contributed by atoms with Gasteiger partial charge < -0.3 is 9.26 Å². The quantitative estimate of drug-likeness (QED) is 0.331. The fraction of sp³-hybridized carbons (Fsp3) is 0.0500. The van der Waals surface area contributed by atoms with Gasteiger partial charge in [-0.3, -0.25) is 4.98 Å². The van der Waals surface area contributed by atoms with E-state index in [1.54, 1.807) is 30.6 Å². The lowest BCUT2D eigenvalue weighted by molar-refractivity contribution is 0.299. The Morgan fingerprint density at radius 2 is 1.68 bits per heavy atom. The summed E-state index contributed by atoms with van der Waals surface area (Å²) >= 11 is 16.0. The van der Waals surface area contributed by atoms with Crippen LogP contribution in [0.5, 0.6) is 5.75 Å². The molecule has 0 radical (unpaired) electrons. The Labute approximate surface area is 179 Å². The summed E-state index contributed by atoms with van der Waals surface area (Å²) in [6.07, 6.45) is 3.23. The van der Waals surface area contributed by atoms with Crippen LogP contribution in [-0.4, -0.2) is 15.1 Å². The van der Waals surface area contributed by atoms with Gasteiger partial charge in [0.1, 0.15) is 11.2 Å². The van der Waals surface area contributed by atoms with E-state index in [1.165, 1.54) is 0 Å². The van der Waals surface area contributed by atoms with Crippen LogP contribution in [0.3, 0.4) is 0 Å². The van der Waals surface area contributed by atoms with E-state index in [0.717, 1.165) is 5.56 Å². The molecule has 0 aliphatic rings. The van der Waals surface area contributed by atoms with Crippen molar-refractivity contribution in [3.8, 4) is 28.3 Å². The summed E-state index contributed by atoms with van der Waals surface area (Å²) < 4.78 is 12.3. The van der Waals surface area contributed by atoms with Crippen LogP contribution in [0.1, 0.15) is 5.69 Å². The van der Waals surface area contributed by atoms with Crippen LogP contribution in [-0.2, 0) is 6.61 Å². The van der Waals surface area contributed by atoms with Crippen molar-refractivity contribution in [1.29, 1.82) is 0 Å². The molecule has 0 aliphatic carbocycles. The van der Waals surface area contributed by atoms with E-state index in [9.17, 15) is 0 Å². The molecule has 0 saturated heterocycles. The van der Waals surface area contributed by atoms with Crippen LogP contribution in [0.2, 0.25) is 10.0 Å². The summed E-state index contributed by atoms with van der Waals surface area (Å²) in [6, 6.07) is 14.8. The van der Waals surface area contributed by atoms with Gasteiger partial charge in [0.15, 0.2) is 11.4 Å². The second-order valence-corrected chi connectivity index (χ2v) is 7.40. The Hall–Kier alpha value is -2.41. The minimum Gasteiger partial charge on any atom is -0.481 e. The second kappa shape index (κ2) is 8.31. The maximum Gasteiger partial charge on any atom is 0.209 e. The van der Waals surface area contributed by atoms with E-state index in [0.29, 0.717) is 43.1 Å². The highest BCUT2D eigenvalue weighted by molar-refractivity contribution is 9.10. The van der Waals surface area contributed by atoms with Crippen molar-refractivity contribution in [2.75, 3.05) is 0 Å². The molecule has 0 unspecified atom stereocenters. The average Bonchev–Trinajstić information content (AvgIpc) is 3.12. The fourth-order valence-corrected chi connectivity index (χ4v) is 3.41. The number of nitrogens with zero attached hydrogens (tertiary/aromatic N) is 3. The highest BCUT2D eigenvalue weighted by Crippen LogP contribution is 2.44. The Balaban J connectivity index is 1.78. The molecular formula is C20H12BrCl2N3O2. The second-order valence-electron chi connectivity index (χ2n) is 5.77. The van der Waals surface area contributed by atoms with Crippen LogP contribution in [0.15, 0.2) is 70.1 Å². The van der Waals surface area contributed by atoms with Crippen LogP contribution in [0.4, 0.5) is 0 Å². The molecule has 4 rings (SSSR count). The third-order valence-corrected chi connectivity index (χ3v) is 4.96. The predicted octanol–water partition coefficient (Wildman–Crippen LogP) is 6.45. The minimum absolute atomic E-state index is 0.177. The molecule has 140 valence electrons. The third-order valence-electron chi connectivity index (χ3n) is 3.92. The molecule has 0 amide bonds. The number of halogens is 3. The highest BCUT2D eigenvalue weighted by atomic mass is 79.9. The van der Waals surface area contributed by atoms with Gasteiger partial charge in [-0.05, 0) is 28.1 Å². The van der Waals surface area contributed by atoms with Crippen LogP contribution < -0.4 is 4.74 Å². The number of rotatable bonds is 5. The minimum atomic E-state index is 0.177. The van der Waals surface area contributed by atoms with Gasteiger partial charge in [-0.25, -0.2) is 4.98 Å². The summed E-state index contributed by atoms with van der Waals surface area (Å²) in [5, 5.41) is 5.10. The largest absolute Gasteiger partial charge is 0.481 e. The smallest absolute Gasteiger partial charge is 0.209 e. The zero-order valence-electron chi connectivity index (χ0n) is 14.3. The number of hydrogen-bond acceptors (Lipinski definition) is 5. The Morgan fingerprint density at radius 1 is 0.929 bits per heavy atom. The average molecular weight is 477 g/mol. The van der Waals surface area contributed by atoms with Crippen molar-refractivity contribution in [3.63, 3.8) is 0 Å². The lowest BCUT2D eigenvalue weighted by atomic mass is 10.1. The maximum atomic E-state index is 6.38. The van der Waals surface area contributed by atoms with E-state index < -0.39 is 0 Å². The molecule has 0 atom stereocenters. The van der Waals surface area contributed by atoms with Crippen molar-refractivity contribution in [3.05, 3.63) is 81.3 Å². The molecule has 4 aromatic rings. The molecule has 0 spiro atoms. The lowest BCUT2D eigenvalue weighted by Crippen LogP contribution is -2.00. The van der Waals surface area contributed by atoms with Crippen molar-refractivity contribution in [2.24, 2.45) is 0 Å². The molecule has 28 heavy (non-hydrogen) atoms. The van der Waals surface area contributed by atoms with Gasteiger partial charge in [0.25, 0.3) is 0 Å². The summed E-state index contributed by atoms with van der Waals surface area (Å²) in [7, 11) is 0. The molecule has 0 saturated carbocycles. The van der Waals surface area contributed by atoms with E-state index >= 15 is 0 Å². The first-order chi connectivity index (χ1) is 13.6. The molecule has 0 fully saturated rings. The highest BCUT2D eigenvalue weighted by Gasteiger charge is 2.24. The van der Waals surface area contributed by atoms with Crippen LogP contribution in [0, 0.1) is 0 Å². The van der Waals surface area contributed by atoms with Gasteiger partial charge in [-0.1, -0.05) is 64.8 Å². The van der Waals surface area contributed by atoms with E-state index in [2.05, 4.69) is 31.1 Å². The Bertz CT molecular complexity index is 1080. The maximum absolute atomic E-state index is 6.38. The summed E-state index contributed by atoms with van der Waals surface area (Å²) in [5.74, 6) is 0.919. The topological polar surface area (TPSA) is 61.0 Å². The SMILES string of the molecule is Clc1cccc(Cl)c1-c1noc(-c2ccccc2)c1OCc1cnc(Br)cn1. The van der Waals surface area contributed by atoms with Gasteiger partial charge in [0.05, 0.1) is 28.1 Å². The summed E-state index contributed by atoms with van der Waals surface area (Å²) in [5.41, 5.74) is 2.45. The van der Waals surface area contributed by atoms with Gasteiger partial charge >= 0.3 is 0 Å². The Morgan fingerprint density at radius 3 is 2.36 bits per heavy atom. The monoisotopic (exact) mass is 475 g/mol.